The highest BCUT2D eigenvalue weighted by Crippen LogP contribution is 2.25. The van der Waals surface area contributed by atoms with E-state index in [0.717, 1.165) is 12.1 Å². The van der Waals surface area contributed by atoms with Gasteiger partial charge in [0.25, 0.3) is 5.69 Å². The van der Waals surface area contributed by atoms with Gasteiger partial charge in [-0.2, -0.15) is 0 Å². The number of ether oxygens (including phenoxy) is 1. The number of anilines is 1. The van der Waals surface area contributed by atoms with Crippen LogP contribution >= 0.6 is 0 Å². The Morgan fingerprint density at radius 1 is 1.43 bits per heavy atom. The second kappa shape index (κ2) is 6.04. The number of halogens is 1. The van der Waals surface area contributed by atoms with Gasteiger partial charge < -0.3 is 14.5 Å². The quantitative estimate of drug-likeness (QED) is 0.517. The van der Waals surface area contributed by atoms with Crippen LogP contribution in [0, 0.1) is 15.9 Å². The van der Waals surface area contributed by atoms with E-state index in [-0.39, 0.29) is 23.7 Å². The van der Waals surface area contributed by atoms with Gasteiger partial charge in [0.1, 0.15) is 17.3 Å². The summed E-state index contributed by atoms with van der Waals surface area (Å²) in [6.45, 7) is 0.101. The molecular formula is C13H11FN2O5. The van der Waals surface area contributed by atoms with E-state index < -0.39 is 16.7 Å². The van der Waals surface area contributed by atoms with Crippen LogP contribution in [0.3, 0.4) is 0 Å². The van der Waals surface area contributed by atoms with E-state index in [4.69, 9.17) is 4.42 Å². The molecule has 0 aliphatic carbocycles. The number of nitro groups is 1. The number of nitro benzene ring substituents is 1. The molecule has 0 bridgehead atoms. The zero-order chi connectivity index (χ0) is 15.4. The van der Waals surface area contributed by atoms with Crippen LogP contribution in [0.1, 0.15) is 16.3 Å². The number of methoxy groups -OCH3 is 1. The first-order chi connectivity index (χ1) is 10.0. The molecule has 21 heavy (non-hydrogen) atoms. The predicted molar refractivity (Wildman–Crippen MR) is 70.4 cm³/mol. The van der Waals surface area contributed by atoms with Crippen molar-refractivity contribution < 1.29 is 23.3 Å². The van der Waals surface area contributed by atoms with Gasteiger partial charge >= 0.3 is 5.97 Å². The highest BCUT2D eigenvalue weighted by Gasteiger charge is 2.16. The maximum atomic E-state index is 13.0. The van der Waals surface area contributed by atoms with Crippen molar-refractivity contribution in [3.63, 3.8) is 0 Å². The molecule has 7 nitrogen and oxygen atoms in total. The summed E-state index contributed by atoms with van der Waals surface area (Å²) >= 11 is 0. The Kier molecular flexibility index (Phi) is 4.17. The van der Waals surface area contributed by atoms with Crippen LogP contribution in [0.5, 0.6) is 0 Å². The number of benzene rings is 1. The average molecular weight is 294 g/mol. The first-order valence-electron chi connectivity index (χ1n) is 5.86. The van der Waals surface area contributed by atoms with E-state index in [1.807, 2.05) is 0 Å². The molecular weight excluding hydrogens is 283 g/mol. The van der Waals surface area contributed by atoms with E-state index in [1.54, 1.807) is 0 Å². The lowest BCUT2D eigenvalue weighted by atomic mass is 10.2. The maximum Gasteiger partial charge on any atom is 0.373 e. The second-order valence-electron chi connectivity index (χ2n) is 4.03. The SMILES string of the molecule is COC(=O)c1ccc(CNc2ccc(F)cc2[N+](=O)[O-])o1. The van der Waals surface area contributed by atoms with Crippen LogP contribution < -0.4 is 5.32 Å². The summed E-state index contributed by atoms with van der Waals surface area (Å²) in [5.74, 6) is -0.899. The highest BCUT2D eigenvalue weighted by molar-refractivity contribution is 5.86. The van der Waals surface area contributed by atoms with Crippen molar-refractivity contribution in [2.24, 2.45) is 0 Å². The molecule has 0 fully saturated rings. The molecule has 8 heteroatoms. The minimum Gasteiger partial charge on any atom is -0.463 e. The molecule has 0 atom stereocenters. The minimum atomic E-state index is -0.696. The smallest absolute Gasteiger partial charge is 0.373 e. The van der Waals surface area contributed by atoms with Gasteiger partial charge in [-0.3, -0.25) is 10.1 Å². The monoisotopic (exact) mass is 294 g/mol. The number of nitrogens with one attached hydrogen (secondary N) is 1. The number of hydrogen-bond acceptors (Lipinski definition) is 6. The van der Waals surface area contributed by atoms with Crippen molar-refractivity contribution in [2.75, 3.05) is 12.4 Å². The first-order valence-corrected chi connectivity index (χ1v) is 5.86. The van der Waals surface area contributed by atoms with Gasteiger partial charge in [-0.25, -0.2) is 9.18 Å². The zero-order valence-corrected chi connectivity index (χ0v) is 11.0. The first kappa shape index (κ1) is 14.5. The van der Waals surface area contributed by atoms with Crippen LogP contribution in [-0.4, -0.2) is 18.0 Å². The molecule has 1 aromatic carbocycles. The van der Waals surface area contributed by atoms with Gasteiger partial charge in [-0.1, -0.05) is 0 Å². The molecule has 0 saturated carbocycles. The molecule has 0 unspecified atom stereocenters. The Morgan fingerprint density at radius 3 is 2.86 bits per heavy atom. The standard InChI is InChI=1S/C13H11FN2O5/c1-20-13(17)12-5-3-9(21-12)7-15-10-4-2-8(14)6-11(10)16(18)19/h2-6,15H,7H2,1H3. The molecule has 1 N–H and O–H groups in total. The Labute approximate surface area is 118 Å². The van der Waals surface area contributed by atoms with Crippen molar-refractivity contribution in [3.05, 3.63) is 57.8 Å². The Bertz CT molecular complexity index is 683. The van der Waals surface area contributed by atoms with Crippen molar-refractivity contribution in [1.82, 2.24) is 0 Å². The van der Waals surface area contributed by atoms with E-state index in [1.165, 1.54) is 25.3 Å². The summed E-state index contributed by atoms with van der Waals surface area (Å²) in [5.41, 5.74) is -0.229. The molecule has 110 valence electrons. The summed E-state index contributed by atoms with van der Waals surface area (Å²) in [7, 11) is 1.23. The van der Waals surface area contributed by atoms with Crippen LogP contribution in [0.2, 0.25) is 0 Å². The highest BCUT2D eigenvalue weighted by atomic mass is 19.1. The fourth-order valence-electron chi connectivity index (χ4n) is 1.67. The van der Waals surface area contributed by atoms with Crippen LogP contribution in [0.25, 0.3) is 0 Å². The van der Waals surface area contributed by atoms with Crippen molar-refractivity contribution in [3.8, 4) is 0 Å². The van der Waals surface area contributed by atoms with Crippen molar-refractivity contribution in [2.45, 2.75) is 6.54 Å². The third-order valence-corrected chi connectivity index (χ3v) is 2.66. The molecule has 1 heterocycles. The van der Waals surface area contributed by atoms with E-state index in [0.29, 0.717) is 5.76 Å². The summed E-state index contributed by atoms with van der Waals surface area (Å²) in [6, 6.07) is 6.16. The zero-order valence-electron chi connectivity index (χ0n) is 11.0. The van der Waals surface area contributed by atoms with E-state index >= 15 is 0 Å². The number of furan rings is 1. The third kappa shape index (κ3) is 3.35. The average Bonchev–Trinajstić information content (AvgIpc) is 2.93. The molecule has 2 rings (SSSR count). The lowest BCUT2D eigenvalue weighted by Gasteiger charge is -2.05. The minimum absolute atomic E-state index is 0.0305. The van der Waals surface area contributed by atoms with Crippen molar-refractivity contribution in [1.29, 1.82) is 0 Å². The molecule has 0 aliphatic heterocycles. The normalized spacial score (nSPS) is 10.2. The fraction of sp³-hybridized carbons (Fsp3) is 0.154. The summed E-state index contributed by atoms with van der Waals surface area (Å²) in [5, 5.41) is 13.6. The van der Waals surface area contributed by atoms with Crippen LogP contribution in [0.4, 0.5) is 15.8 Å². The molecule has 2 aromatic rings. The Hall–Kier alpha value is -2.90. The van der Waals surface area contributed by atoms with E-state index in [9.17, 15) is 19.3 Å². The van der Waals surface area contributed by atoms with Crippen molar-refractivity contribution >= 4 is 17.3 Å². The molecule has 0 amide bonds. The topological polar surface area (TPSA) is 94.6 Å². The molecule has 1 aromatic heterocycles. The lowest BCUT2D eigenvalue weighted by molar-refractivity contribution is -0.384. The van der Waals surface area contributed by atoms with Gasteiger partial charge in [0, 0.05) is 0 Å². The number of nitrogens with zero attached hydrogens (tertiary/aromatic N) is 1. The lowest BCUT2D eigenvalue weighted by Crippen LogP contribution is -2.03. The second-order valence-corrected chi connectivity index (χ2v) is 4.03. The Morgan fingerprint density at radius 2 is 2.19 bits per heavy atom. The Balaban J connectivity index is 2.11. The number of esters is 1. The number of rotatable bonds is 5. The summed E-state index contributed by atoms with van der Waals surface area (Å²) in [6.07, 6.45) is 0. The molecule has 0 radical (unpaired) electrons. The summed E-state index contributed by atoms with van der Waals surface area (Å²) in [4.78, 5) is 21.4. The van der Waals surface area contributed by atoms with Gasteiger partial charge in [0.2, 0.25) is 5.76 Å². The largest absolute Gasteiger partial charge is 0.463 e. The number of hydrogen-bond donors (Lipinski definition) is 1. The predicted octanol–water partition coefficient (Wildman–Crippen LogP) is 2.73. The van der Waals surface area contributed by atoms with Gasteiger partial charge in [-0.15, -0.1) is 0 Å². The van der Waals surface area contributed by atoms with Crippen LogP contribution in [-0.2, 0) is 11.3 Å². The molecule has 0 spiro atoms. The number of carbonyl (C=O) groups is 1. The maximum absolute atomic E-state index is 13.0. The fourth-order valence-corrected chi connectivity index (χ4v) is 1.67. The van der Waals surface area contributed by atoms with Gasteiger partial charge in [0.05, 0.1) is 24.6 Å². The van der Waals surface area contributed by atoms with E-state index in [2.05, 4.69) is 10.1 Å². The number of carbonyl (C=O) groups excluding carboxylic acids is 1. The van der Waals surface area contributed by atoms with Gasteiger partial charge in [0.15, 0.2) is 0 Å². The molecule has 0 aliphatic rings. The van der Waals surface area contributed by atoms with Crippen LogP contribution in [0.15, 0.2) is 34.7 Å². The summed E-state index contributed by atoms with van der Waals surface area (Å²) < 4.78 is 22.7. The van der Waals surface area contributed by atoms with Gasteiger partial charge in [-0.05, 0) is 24.3 Å². The third-order valence-electron chi connectivity index (χ3n) is 2.66. The molecule has 0 saturated heterocycles.